The summed E-state index contributed by atoms with van der Waals surface area (Å²) in [5.41, 5.74) is 6.80. The van der Waals surface area contributed by atoms with Crippen molar-refractivity contribution in [2.45, 2.75) is 25.3 Å². The molecule has 2 aromatic rings. The third-order valence-electron chi connectivity index (χ3n) is 3.66. The molecule has 2 heterocycles. The zero-order valence-corrected chi connectivity index (χ0v) is 11.9. The highest BCUT2D eigenvalue weighted by Crippen LogP contribution is 2.30. The van der Waals surface area contributed by atoms with E-state index in [0.29, 0.717) is 17.8 Å². The normalized spacial score (nSPS) is 19.3. The molecule has 0 saturated carbocycles. The Morgan fingerprint density at radius 3 is 2.80 bits per heavy atom. The van der Waals surface area contributed by atoms with Crippen molar-refractivity contribution in [2.75, 3.05) is 18.0 Å². The van der Waals surface area contributed by atoms with E-state index in [-0.39, 0.29) is 6.54 Å². The molecular weight excluding hydrogens is 276 g/mol. The van der Waals surface area contributed by atoms with E-state index < -0.39 is 0 Å². The summed E-state index contributed by atoms with van der Waals surface area (Å²) in [4.78, 5) is 2.13. The molecule has 0 bridgehead atoms. The van der Waals surface area contributed by atoms with Crippen molar-refractivity contribution in [3.63, 3.8) is 0 Å². The second-order valence-corrected chi connectivity index (χ2v) is 5.46. The van der Waals surface area contributed by atoms with Gasteiger partial charge in [-0.05, 0) is 30.5 Å². The zero-order valence-electron chi connectivity index (χ0n) is 11.1. The molecule has 0 amide bonds. The molecule has 1 fully saturated rings. The Balaban J connectivity index is 1.74. The average molecular weight is 293 g/mol. The number of nitrogens with zero attached hydrogens (tertiary/aromatic N) is 3. The van der Waals surface area contributed by atoms with Crippen LogP contribution in [0.2, 0.25) is 5.02 Å². The fourth-order valence-electron chi connectivity index (χ4n) is 2.61. The van der Waals surface area contributed by atoms with E-state index in [9.17, 15) is 0 Å². The molecule has 1 aromatic carbocycles. The van der Waals surface area contributed by atoms with E-state index in [4.69, 9.17) is 21.8 Å². The van der Waals surface area contributed by atoms with Gasteiger partial charge in [-0.2, -0.15) is 0 Å². The average Bonchev–Trinajstić information content (AvgIpc) is 2.97. The van der Waals surface area contributed by atoms with E-state index >= 15 is 0 Å². The number of halogens is 1. The van der Waals surface area contributed by atoms with Gasteiger partial charge in [0.15, 0.2) is 0 Å². The number of benzene rings is 1. The predicted octanol–water partition coefficient (Wildman–Crippen LogP) is 2.57. The molecule has 20 heavy (non-hydrogen) atoms. The summed E-state index contributed by atoms with van der Waals surface area (Å²) in [7, 11) is 0. The minimum atomic E-state index is 0.279. The van der Waals surface area contributed by atoms with Gasteiger partial charge >= 0.3 is 6.01 Å². The summed E-state index contributed by atoms with van der Waals surface area (Å²) >= 11 is 5.94. The summed E-state index contributed by atoms with van der Waals surface area (Å²) in [5, 5.41) is 8.75. The Bertz CT molecular complexity index is 569. The largest absolute Gasteiger partial charge is 0.407 e. The van der Waals surface area contributed by atoms with Crippen molar-refractivity contribution >= 4 is 17.6 Å². The maximum Gasteiger partial charge on any atom is 0.318 e. The molecule has 1 atom stereocenters. The van der Waals surface area contributed by atoms with Crippen molar-refractivity contribution in [3.8, 4) is 0 Å². The first-order chi connectivity index (χ1) is 9.76. The van der Waals surface area contributed by atoms with Crippen LogP contribution in [-0.2, 0) is 6.54 Å². The van der Waals surface area contributed by atoms with E-state index in [1.165, 1.54) is 5.56 Å². The molecule has 5 nitrogen and oxygen atoms in total. The van der Waals surface area contributed by atoms with Gasteiger partial charge in [-0.1, -0.05) is 28.8 Å². The van der Waals surface area contributed by atoms with Crippen molar-refractivity contribution < 1.29 is 4.42 Å². The van der Waals surface area contributed by atoms with Gasteiger partial charge in [0.2, 0.25) is 5.89 Å². The monoisotopic (exact) mass is 292 g/mol. The molecular formula is C14H17ClN4O. The van der Waals surface area contributed by atoms with E-state index in [1.54, 1.807) is 0 Å². The van der Waals surface area contributed by atoms with Gasteiger partial charge in [-0.25, -0.2) is 0 Å². The molecule has 1 aromatic heterocycles. The fourth-order valence-corrected chi connectivity index (χ4v) is 2.74. The zero-order chi connectivity index (χ0) is 13.9. The number of nitrogens with two attached hydrogens (primary N) is 1. The Hall–Kier alpha value is -1.59. The van der Waals surface area contributed by atoms with Crippen LogP contribution < -0.4 is 10.6 Å². The number of hydrogen-bond acceptors (Lipinski definition) is 5. The summed E-state index contributed by atoms with van der Waals surface area (Å²) in [6, 6.07) is 8.64. The topological polar surface area (TPSA) is 68.2 Å². The quantitative estimate of drug-likeness (QED) is 0.941. The number of aromatic nitrogens is 2. The smallest absolute Gasteiger partial charge is 0.318 e. The molecule has 2 N–H and O–H groups in total. The highest BCUT2D eigenvalue weighted by Gasteiger charge is 2.24. The molecule has 106 valence electrons. The Kier molecular flexibility index (Phi) is 3.89. The Labute approximate surface area is 122 Å². The minimum Gasteiger partial charge on any atom is -0.407 e. The molecule has 6 heteroatoms. The maximum absolute atomic E-state index is 5.94. The van der Waals surface area contributed by atoms with E-state index in [2.05, 4.69) is 27.2 Å². The van der Waals surface area contributed by atoms with Crippen LogP contribution in [0.1, 0.15) is 30.2 Å². The third-order valence-corrected chi connectivity index (χ3v) is 3.92. The lowest BCUT2D eigenvalue weighted by atomic mass is 9.91. The van der Waals surface area contributed by atoms with Gasteiger partial charge in [0.1, 0.15) is 0 Å². The molecule has 1 saturated heterocycles. The molecule has 1 aliphatic heterocycles. The standard InChI is InChI=1S/C14H17ClN4O/c15-12-5-3-10(4-6-12)11-2-1-7-19(9-11)14-18-17-13(8-16)20-14/h3-6,11H,1-2,7-9,16H2. The van der Waals surface area contributed by atoms with E-state index in [1.807, 2.05) is 12.1 Å². The van der Waals surface area contributed by atoms with Gasteiger partial charge in [-0.15, -0.1) is 5.10 Å². The van der Waals surface area contributed by atoms with Gasteiger partial charge in [0, 0.05) is 24.0 Å². The molecule has 1 aliphatic rings. The summed E-state index contributed by atoms with van der Waals surface area (Å²) in [5.74, 6) is 0.947. The Morgan fingerprint density at radius 1 is 1.30 bits per heavy atom. The van der Waals surface area contributed by atoms with Crippen LogP contribution in [0.5, 0.6) is 0 Å². The van der Waals surface area contributed by atoms with Gasteiger partial charge in [0.05, 0.1) is 6.54 Å². The van der Waals surface area contributed by atoms with Crippen molar-refractivity contribution in [3.05, 3.63) is 40.7 Å². The highest BCUT2D eigenvalue weighted by atomic mass is 35.5. The number of piperidine rings is 1. The predicted molar refractivity (Wildman–Crippen MR) is 77.8 cm³/mol. The third kappa shape index (κ3) is 2.78. The van der Waals surface area contributed by atoms with Crippen LogP contribution in [0.3, 0.4) is 0 Å². The first kappa shape index (κ1) is 13.4. The lowest BCUT2D eigenvalue weighted by Gasteiger charge is -2.31. The van der Waals surface area contributed by atoms with Crippen LogP contribution in [0.25, 0.3) is 0 Å². The first-order valence-corrected chi connectivity index (χ1v) is 7.17. The lowest BCUT2D eigenvalue weighted by molar-refractivity contribution is 0.442. The number of hydrogen-bond donors (Lipinski definition) is 1. The van der Waals surface area contributed by atoms with Gasteiger partial charge in [0.25, 0.3) is 0 Å². The van der Waals surface area contributed by atoms with Crippen LogP contribution in [0.15, 0.2) is 28.7 Å². The molecule has 0 spiro atoms. The Morgan fingerprint density at radius 2 is 2.10 bits per heavy atom. The second kappa shape index (κ2) is 5.81. The van der Waals surface area contributed by atoms with Crippen LogP contribution in [-0.4, -0.2) is 23.3 Å². The molecule has 3 rings (SSSR count). The maximum atomic E-state index is 5.94. The molecule has 1 unspecified atom stereocenters. The highest BCUT2D eigenvalue weighted by molar-refractivity contribution is 6.30. The summed E-state index contributed by atoms with van der Waals surface area (Å²) in [6.07, 6.45) is 2.27. The minimum absolute atomic E-state index is 0.279. The van der Waals surface area contributed by atoms with Crippen molar-refractivity contribution in [2.24, 2.45) is 5.73 Å². The van der Waals surface area contributed by atoms with Crippen LogP contribution in [0.4, 0.5) is 6.01 Å². The van der Waals surface area contributed by atoms with Crippen molar-refractivity contribution in [1.29, 1.82) is 0 Å². The van der Waals surface area contributed by atoms with Crippen molar-refractivity contribution in [1.82, 2.24) is 10.2 Å². The van der Waals surface area contributed by atoms with E-state index in [0.717, 1.165) is 31.0 Å². The molecule has 0 aliphatic carbocycles. The number of anilines is 1. The second-order valence-electron chi connectivity index (χ2n) is 5.02. The van der Waals surface area contributed by atoms with Gasteiger partial charge < -0.3 is 15.1 Å². The fraction of sp³-hybridized carbons (Fsp3) is 0.429. The number of rotatable bonds is 3. The SMILES string of the molecule is NCc1nnc(N2CCCC(c3ccc(Cl)cc3)C2)o1. The van der Waals surface area contributed by atoms with Gasteiger partial charge in [-0.3, -0.25) is 0 Å². The first-order valence-electron chi connectivity index (χ1n) is 6.79. The van der Waals surface area contributed by atoms with Crippen LogP contribution >= 0.6 is 11.6 Å². The molecule has 0 radical (unpaired) electrons. The summed E-state index contributed by atoms with van der Waals surface area (Å²) in [6.45, 7) is 2.10. The summed E-state index contributed by atoms with van der Waals surface area (Å²) < 4.78 is 5.53. The lowest BCUT2D eigenvalue weighted by Crippen LogP contribution is -2.34. The van der Waals surface area contributed by atoms with Crippen LogP contribution in [0, 0.1) is 0 Å².